The van der Waals surface area contributed by atoms with E-state index >= 15 is 0 Å². The second-order valence-electron chi connectivity index (χ2n) is 7.78. The van der Waals surface area contributed by atoms with Crippen LogP contribution in [-0.4, -0.2) is 64.3 Å². The minimum Gasteiger partial charge on any atom is -0.497 e. The predicted molar refractivity (Wildman–Crippen MR) is 106 cm³/mol. The average molecular weight is 383 g/mol. The second-order valence-corrected chi connectivity index (χ2v) is 7.78. The van der Waals surface area contributed by atoms with Crippen LogP contribution in [0.15, 0.2) is 24.3 Å². The van der Waals surface area contributed by atoms with Crippen LogP contribution in [0.25, 0.3) is 0 Å². The Bertz CT molecular complexity index is 834. The van der Waals surface area contributed by atoms with Crippen molar-refractivity contribution in [3.05, 3.63) is 41.5 Å². The molecule has 0 aliphatic carbocycles. The van der Waals surface area contributed by atoms with E-state index < -0.39 is 0 Å². The van der Waals surface area contributed by atoms with Crippen molar-refractivity contribution in [2.75, 3.05) is 33.8 Å². The van der Waals surface area contributed by atoms with E-state index in [2.05, 4.69) is 26.7 Å². The largest absolute Gasteiger partial charge is 0.497 e. The first-order chi connectivity index (χ1) is 13.7. The van der Waals surface area contributed by atoms with E-state index in [1.165, 1.54) is 12.8 Å². The number of methoxy groups -OCH3 is 1. The number of hydrogen-bond donors (Lipinski definition) is 0. The first-order valence-corrected chi connectivity index (χ1v) is 10.2. The third-order valence-corrected chi connectivity index (χ3v) is 5.97. The number of aromatic nitrogens is 3. The molecule has 0 unspecified atom stereocenters. The van der Waals surface area contributed by atoms with Gasteiger partial charge in [-0.3, -0.25) is 9.69 Å². The summed E-state index contributed by atoms with van der Waals surface area (Å²) in [5.74, 6) is 3.02. The van der Waals surface area contributed by atoms with Crippen molar-refractivity contribution in [2.24, 2.45) is 0 Å². The fourth-order valence-electron chi connectivity index (χ4n) is 4.31. The number of benzene rings is 1. The Balaban J connectivity index is 1.43. The summed E-state index contributed by atoms with van der Waals surface area (Å²) in [7, 11) is 3.82. The minimum atomic E-state index is 0.156. The molecule has 4 rings (SSSR count). The van der Waals surface area contributed by atoms with Crippen molar-refractivity contribution >= 4 is 5.91 Å². The van der Waals surface area contributed by atoms with Crippen LogP contribution in [-0.2, 0) is 24.2 Å². The van der Waals surface area contributed by atoms with Crippen LogP contribution in [0, 0.1) is 0 Å². The molecule has 7 nitrogen and oxygen atoms in total. The highest BCUT2D eigenvalue weighted by Gasteiger charge is 2.29. The van der Waals surface area contributed by atoms with Gasteiger partial charge in [-0.15, -0.1) is 10.2 Å². The topological polar surface area (TPSA) is 63.5 Å². The molecule has 1 aromatic carbocycles. The van der Waals surface area contributed by atoms with E-state index in [-0.39, 0.29) is 5.91 Å². The standard InChI is InChI=1S/C21H29N5O2/c1-24-10-4-3-8-18(24)21-23-22-19-9-11-25(12-13-26(19)21)20(27)15-16-6-5-7-17(14-16)28-2/h5-7,14,18H,3-4,8-13,15H2,1-2H3/t18-/m1/s1. The number of likely N-dealkylation sites (tertiary alicyclic amines) is 1. The molecule has 2 aromatic rings. The highest BCUT2D eigenvalue weighted by Crippen LogP contribution is 2.29. The summed E-state index contributed by atoms with van der Waals surface area (Å²) in [6, 6.07) is 8.08. The molecule has 1 atom stereocenters. The van der Waals surface area contributed by atoms with Crippen LogP contribution in [0.2, 0.25) is 0 Å². The van der Waals surface area contributed by atoms with Crippen molar-refractivity contribution in [3.63, 3.8) is 0 Å². The Hall–Kier alpha value is -2.41. The molecular weight excluding hydrogens is 354 g/mol. The third kappa shape index (κ3) is 3.90. The van der Waals surface area contributed by atoms with Crippen LogP contribution >= 0.6 is 0 Å². The lowest BCUT2D eigenvalue weighted by molar-refractivity contribution is -0.130. The van der Waals surface area contributed by atoms with Crippen molar-refractivity contribution in [2.45, 2.75) is 44.7 Å². The zero-order chi connectivity index (χ0) is 19.5. The Kier molecular flexibility index (Phi) is 5.62. The van der Waals surface area contributed by atoms with Crippen molar-refractivity contribution < 1.29 is 9.53 Å². The summed E-state index contributed by atoms with van der Waals surface area (Å²) in [6.45, 7) is 3.28. The lowest BCUT2D eigenvalue weighted by Gasteiger charge is -2.32. The number of amides is 1. The van der Waals surface area contributed by atoms with Gasteiger partial charge in [-0.05, 0) is 44.1 Å². The molecule has 28 heavy (non-hydrogen) atoms. The number of carbonyl (C=O) groups is 1. The van der Waals surface area contributed by atoms with Gasteiger partial charge in [0.1, 0.15) is 17.4 Å². The molecule has 3 heterocycles. The van der Waals surface area contributed by atoms with Gasteiger partial charge in [-0.2, -0.15) is 0 Å². The van der Waals surface area contributed by atoms with E-state index in [1.54, 1.807) is 7.11 Å². The summed E-state index contributed by atoms with van der Waals surface area (Å²) in [6.07, 6.45) is 4.78. The number of fused-ring (bicyclic) bond motifs is 1. The summed E-state index contributed by atoms with van der Waals surface area (Å²) < 4.78 is 7.52. The molecule has 2 aliphatic heterocycles. The zero-order valence-electron chi connectivity index (χ0n) is 16.8. The van der Waals surface area contributed by atoms with Crippen molar-refractivity contribution in [1.29, 1.82) is 0 Å². The van der Waals surface area contributed by atoms with Gasteiger partial charge in [0.05, 0.1) is 19.6 Å². The molecule has 0 bridgehead atoms. The lowest BCUT2D eigenvalue weighted by Crippen LogP contribution is -2.35. The van der Waals surface area contributed by atoms with Gasteiger partial charge in [0, 0.05) is 26.1 Å². The molecule has 1 aromatic heterocycles. The van der Waals surface area contributed by atoms with E-state index in [9.17, 15) is 4.79 Å². The first kappa shape index (κ1) is 18.9. The Labute approximate surface area is 166 Å². The number of nitrogens with zero attached hydrogens (tertiary/aromatic N) is 5. The summed E-state index contributed by atoms with van der Waals surface area (Å²) in [4.78, 5) is 17.2. The van der Waals surface area contributed by atoms with Crippen LogP contribution in [0.1, 0.15) is 42.5 Å². The van der Waals surface area contributed by atoms with Crippen molar-refractivity contribution in [1.82, 2.24) is 24.6 Å². The molecule has 2 aliphatic rings. The van der Waals surface area contributed by atoms with Crippen LogP contribution < -0.4 is 4.74 Å². The molecule has 1 amide bonds. The normalized spacial score (nSPS) is 20.5. The van der Waals surface area contributed by atoms with Gasteiger partial charge in [-0.25, -0.2) is 0 Å². The number of ether oxygens (including phenoxy) is 1. The highest BCUT2D eigenvalue weighted by atomic mass is 16.5. The molecule has 0 radical (unpaired) electrons. The molecule has 0 N–H and O–H groups in total. The van der Waals surface area contributed by atoms with E-state index in [0.29, 0.717) is 25.6 Å². The Morgan fingerprint density at radius 2 is 2.07 bits per heavy atom. The second kappa shape index (κ2) is 8.31. The Morgan fingerprint density at radius 3 is 2.89 bits per heavy atom. The number of rotatable bonds is 4. The maximum absolute atomic E-state index is 12.9. The van der Waals surface area contributed by atoms with Gasteiger partial charge in [-0.1, -0.05) is 18.6 Å². The van der Waals surface area contributed by atoms with Crippen LogP contribution in [0.4, 0.5) is 0 Å². The van der Waals surface area contributed by atoms with E-state index in [1.807, 2.05) is 29.2 Å². The minimum absolute atomic E-state index is 0.156. The quantitative estimate of drug-likeness (QED) is 0.809. The maximum atomic E-state index is 12.9. The van der Waals surface area contributed by atoms with Gasteiger partial charge in [0.2, 0.25) is 5.91 Å². The molecular formula is C21H29N5O2. The smallest absolute Gasteiger partial charge is 0.227 e. The SMILES string of the molecule is COc1cccc(CC(=O)N2CCc3nnc([C@H]4CCCCN4C)n3CC2)c1. The monoisotopic (exact) mass is 383 g/mol. The van der Waals surface area contributed by atoms with Gasteiger partial charge in [0.25, 0.3) is 0 Å². The molecule has 150 valence electrons. The van der Waals surface area contributed by atoms with Crippen molar-refractivity contribution in [3.8, 4) is 5.75 Å². The molecule has 0 spiro atoms. The first-order valence-electron chi connectivity index (χ1n) is 10.2. The fraction of sp³-hybridized carbons (Fsp3) is 0.571. The third-order valence-electron chi connectivity index (χ3n) is 5.97. The lowest BCUT2D eigenvalue weighted by atomic mass is 10.0. The molecule has 0 saturated carbocycles. The van der Waals surface area contributed by atoms with E-state index in [4.69, 9.17) is 4.74 Å². The van der Waals surface area contributed by atoms with Gasteiger partial charge < -0.3 is 14.2 Å². The van der Waals surface area contributed by atoms with E-state index in [0.717, 1.165) is 48.9 Å². The number of hydrogen-bond acceptors (Lipinski definition) is 5. The van der Waals surface area contributed by atoms with Gasteiger partial charge in [0.15, 0.2) is 0 Å². The summed E-state index contributed by atoms with van der Waals surface area (Å²) in [5.41, 5.74) is 0.984. The fourth-order valence-corrected chi connectivity index (χ4v) is 4.31. The maximum Gasteiger partial charge on any atom is 0.227 e. The zero-order valence-corrected chi connectivity index (χ0v) is 16.8. The summed E-state index contributed by atoms with van der Waals surface area (Å²) in [5, 5.41) is 8.98. The number of piperidine rings is 1. The van der Waals surface area contributed by atoms with Gasteiger partial charge >= 0.3 is 0 Å². The molecule has 1 fully saturated rings. The Morgan fingerprint density at radius 1 is 1.18 bits per heavy atom. The molecule has 7 heteroatoms. The van der Waals surface area contributed by atoms with Crippen LogP contribution in [0.5, 0.6) is 5.75 Å². The predicted octanol–water partition coefficient (Wildman–Crippen LogP) is 2.07. The number of carbonyl (C=O) groups excluding carboxylic acids is 1. The average Bonchev–Trinajstić information content (AvgIpc) is 2.98. The van der Waals surface area contributed by atoms with Crippen LogP contribution in [0.3, 0.4) is 0 Å². The molecule has 1 saturated heterocycles. The summed E-state index contributed by atoms with van der Waals surface area (Å²) >= 11 is 0. The highest BCUT2D eigenvalue weighted by molar-refractivity contribution is 5.79.